The van der Waals surface area contributed by atoms with Crippen molar-refractivity contribution in [1.82, 2.24) is 4.31 Å². The first kappa shape index (κ1) is 12.4. The third-order valence-electron chi connectivity index (χ3n) is 2.68. The smallest absolute Gasteiger partial charge is 0.309 e. The van der Waals surface area contributed by atoms with Crippen molar-refractivity contribution in [2.75, 3.05) is 26.0 Å². The van der Waals surface area contributed by atoms with Crippen LogP contribution in [0.4, 0.5) is 0 Å². The van der Waals surface area contributed by atoms with Crippen LogP contribution < -0.4 is 0 Å². The fraction of sp³-hybridized carbons (Fsp3) is 0.889. The molecule has 0 spiro atoms. The number of hydrogen-bond donors (Lipinski definition) is 0. The van der Waals surface area contributed by atoms with E-state index in [0.717, 1.165) is 6.42 Å². The van der Waals surface area contributed by atoms with E-state index in [9.17, 15) is 13.2 Å². The number of rotatable bonds is 3. The Hall–Kier alpha value is -0.620. The lowest BCUT2D eigenvalue weighted by molar-refractivity contribution is -0.146. The zero-order valence-electron chi connectivity index (χ0n) is 9.10. The lowest BCUT2D eigenvalue weighted by atomic mass is 10.0. The van der Waals surface area contributed by atoms with Gasteiger partial charge in [-0.25, -0.2) is 12.7 Å². The summed E-state index contributed by atoms with van der Waals surface area (Å²) in [6.07, 6.45) is 1.43. The van der Waals surface area contributed by atoms with Crippen LogP contribution in [0.2, 0.25) is 0 Å². The van der Waals surface area contributed by atoms with Gasteiger partial charge >= 0.3 is 5.97 Å². The van der Waals surface area contributed by atoms with Gasteiger partial charge in [0, 0.05) is 13.1 Å². The Kier molecular flexibility index (Phi) is 4.10. The van der Waals surface area contributed by atoms with Gasteiger partial charge in [-0.05, 0) is 19.8 Å². The maximum Gasteiger partial charge on any atom is 0.309 e. The molecule has 0 bridgehead atoms. The van der Waals surface area contributed by atoms with E-state index in [0.29, 0.717) is 13.0 Å². The van der Waals surface area contributed by atoms with Crippen molar-refractivity contribution >= 4 is 16.0 Å². The molecule has 1 heterocycles. The number of sulfonamides is 1. The van der Waals surface area contributed by atoms with Crippen molar-refractivity contribution in [3.63, 3.8) is 0 Å². The van der Waals surface area contributed by atoms with Gasteiger partial charge in [0.05, 0.1) is 18.8 Å². The van der Waals surface area contributed by atoms with Gasteiger partial charge in [0.2, 0.25) is 10.0 Å². The summed E-state index contributed by atoms with van der Waals surface area (Å²) < 4.78 is 29.2. The number of esters is 1. The maximum absolute atomic E-state index is 11.6. The third-order valence-corrected chi connectivity index (χ3v) is 4.52. The molecular weight excluding hydrogens is 218 g/mol. The van der Waals surface area contributed by atoms with E-state index < -0.39 is 10.0 Å². The zero-order valence-corrected chi connectivity index (χ0v) is 9.92. The number of carbonyl (C=O) groups excluding carboxylic acids is 1. The SMILES string of the molecule is CCS(=O)(=O)N1CCC[C@@H](C(=O)OC)C1. The van der Waals surface area contributed by atoms with Crippen LogP contribution >= 0.6 is 0 Å². The van der Waals surface area contributed by atoms with E-state index in [1.54, 1.807) is 6.92 Å². The summed E-state index contributed by atoms with van der Waals surface area (Å²) in [5.41, 5.74) is 0. The molecule has 0 aromatic rings. The number of carbonyl (C=O) groups is 1. The molecule has 1 rings (SSSR count). The molecule has 0 radical (unpaired) electrons. The quantitative estimate of drug-likeness (QED) is 0.656. The van der Waals surface area contributed by atoms with Crippen LogP contribution in [0.3, 0.4) is 0 Å². The molecule has 6 heteroatoms. The van der Waals surface area contributed by atoms with Crippen LogP contribution in [-0.2, 0) is 19.6 Å². The number of ether oxygens (including phenoxy) is 1. The van der Waals surface area contributed by atoms with Crippen molar-refractivity contribution < 1.29 is 17.9 Å². The molecule has 1 aliphatic rings. The molecule has 88 valence electrons. The Morgan fingerprint density at radius 3 is 2.73 bits per heavy atom. The zero-order chi connectivity index (χ0) is 11.5. The molecule has 0 aliphatic carbocycles. The predicted octanol–water partition coefficient (Wildman–Crippen LogP) is 0.221. The molecule has 0 saturated carbocycles. The highest BCUT2D eigenvalue weighted by Gasteiger charge is 2.31. The Labute approximate surface area is 90.4 Å². The molecular formula is C9H17NO4S. The first-order valence-corrected chi connectivity index (χ1v) is 6.67. The summed E-state index contributed by atoms with van der Waals surface area (Å²) in [5, 5.41) is 0. The van der Waals surface area contributed by atoms with Crippen molar-refractivity contribution in [3.05, 3.63) is 0 Å². The molecule has 0 N–H and O–H groups in total. The summed E-state index contributed by atoms with van der Waals surface area (Å²) in [6.45, 7) is 2.39. The van der Waals surface area contributed by atoms with Crippen LogP contribution in [-0.4, -0.2) is 44.6 Å². The maximum atomic E-state index is 11.6. The fourth-order valence-electron chi connectivity index (χ4n) is 1.74. The highest BCUT2D eigenvalue weighted by atomic mass is 32.2. The minimum atomic E-state index is -3.17. The molecule has 0 unspecified atom stereocenters. The van der Waals surface area contributed by atoms with Crippen LogP contribution in [0, 0.1) is 5.92 Å². The van der Waals surface area contributed by atoms with E-state index in [1.165, 1.54) is 11.4 Å². The van der Waals surface area contributed by atoms with E-state index in [-0.39, 0.29) is 24.2 Å². The summed E-state index contributed by atoms with van der Waals surface area (Å²) >= 11 is 0. The van der Waals surface area contributed by atoms with Gasteiger partial charge in [-0.15, -0.1) is 0 Å². The van der Waals surface area contributed by atoms with E-state index >= 15 is 0 Å². The lowest BCUT2D eigenvalue weighted by Crippen LogP contribution is -2.43. The normalized spacial score (nSPS) is 23.7. The molecule has 1 atom stereocenters. The molecule has 1 fully saturated rings. The van der Waals surface area contributed by atoms with E-state index in [4.69, 9.17) is 0 Å². The van der Waals surface area contributed by atoms with Gasteiger partial charge in [0.15, 0.2) is 0 Å². The number of nitrogens with zero attached hydrogens (tertiary/aromatic N) is 1. The second-order valence-corrected chi connectivity index (χ2v) is 5.88. The van der Waals surface area contributed by atoms with Crippen molar-refractivity contribution in [2.45, 2.75) is 19.8 Å². The summed E-state index contributed by atoms with van der Waals surface area (Å²) in [5.74, 6) is -0.531. The largest absolute Gasteiger partial charge is 0.469 e. The Morgan fingerprint density at radius 1 is 1.53 bits per heavy atom. The highest BCUT2D eigenvalue weighted by molar-refractivity contribution is 7.89. The fourth-order valence-corrected chi connectivity index (χ4v) is 2.92. The van der Waals surface area contributed by atoms with Gasteiger partial charge in [-0.1, -0.05) is 0 Å². The minimum Gasteiger partial charge on any atom is -0.469 e. The monoisotopic (exact) mass is 235 g/mol. The highest BCUT2D eigenvalue weighted by Crippen LogP contribution is 2.20. The van der Waals surface area contributed by atoms with Crippen LogP contribution in [0.15, 0.2) is 0 Å². The molecule has 0 aromatic carbocycles. The Morgan fingerprint density at radius 2 is 2.20 bits per heavy atom. The lowest BCUT2D eigenvalue weighted by Gasteiger charge is -2.30. The number of hydrogen-bond acceptors (Lipinski definition) is 4. The number of methoxy groups -OCH3 is 1. The van der Waals surface area contributed by atoms with Crippen molar-refractivity contribution in [2.24, 2.45) is 5.92 Å². The van der Waals surface area contributed by atoms with E-state index in [1.807, 2.05) is 0 Å². The standard InChI is InChI=1S/C9H17NO4S/c1-3-15(12,13)10-6-4-5-8(7-10)9(11)14-2/h8H,3-7H2,1-2H3/t8-/m1/s1. The minimum absolute atomic E-state index is 0.0842. The van der Waals surface area contributed by atoms with Gasteiger partial charge < -0.3 is 4.74 Å². The topological polar surface area (TPSA) is 63.7 Å². The van der Waals surface area contributed by atoms with Gasteiger partial charge in [0.25, 0.3) is 0 Å². The second-order valence-electron chi connectivity index (χ2n) is 3.62. The van der Waals surface area contributed by atoms with Gasteiger partial charge in [-0.2, -0.15) is 0 Å². The molecule has 15 heavy (non-hydrogen) atoms. The van der Waals surface area contributed by atoms with Crippen molar-refractivity contribution in [1.29, 1.82) is 0 Å². The molecule has 5 nitrogen and oxygen atoms in total. The molecule has 0 amide bonds. The van der Waals surface area contributed by atoms with Gasteiger partial charge in [-0.3, -0.25) is 4.79 Å². The Balaban J connectivity index is 2.68. The van der Waals surface area contributed by atoms with Crippen LogP contribution in [0.5, 0.6) is 0 Å². The first-order valence-electron chi connectivity index (χ1n) is 5.07. The summed E-state index contributed by atoms with van der Waals surface area (Å²) in [4.78, 5) is 11.3. The second kappa shape index (κ2) is 4.94. The van der Waals surface area contributed by atoms with Crippen LogP contribution in [0.25, 0.3) is 0 Å². The summed E-state index contributed by atoms with van der Waals surface area (Å²) in [6, 6.07) is 0. The summed E-state index contributed by atoms with van der Waals surface area (Å²) in [7, 11) is -1.84. The third kappa shape index (κ3) is 2.92. The van der Waals surface area contributed by atoms with Crippen molar-refractivity contribution in [3.8, 4) is 0 Å². The first-order chi connectivity index (χ1) is 7.01. The molecule has 1 saturated heterocycles. The average molecular weight is 235 g/mol. The van der Waals surface area contributed by atoms with E-state index in [2.05, 4.69) is 4.74 Å². The predicted molar refractivity (Wildman–Crippen MR) is 55.8 cm³/mol. The Bertz CT molecular complexity index is 325. The molecule has 0 aromatic heterocycles. The average Bonchev–Trinajstić information content (AvgIpc) is 2.28. The number of piperidine rings is 1. The van der Waals surface area contributed by atoms with Gasteiger partial charge in [0.1, 0.15) is 0 Å². The molecule has 1 aliphatic heterocycles. The van der Waals surface area contributed by atoms with Crippen LogP contribution in [0.1, 0.15) is 19.8 Å².